The fourth-order valence-corrected chi connectivity index (χ4v) is 3.00. The maximum Gasteiger partial charge on any atom is 0.361 e. The van der Waals surface area contributed by atoms with E-state index in [1.54, 1.807) is 0 Å². The van der Waals surface area contributed by atoms with Gasteiger partial charge in [0.05, 0.1) is 27.7 Å². The van der Waals surface area contributed by atoms with E-state index < -0.39 is 0 Å². The SMILES string of the molecule is C[N+](C)(C)CC(=O)OCCCCCCCC#Cc1ccc(OCc2ccccc2)cc1. The van der Waals surface area contributed by atoms with E-state index in [1.165, 1.54) is 0 Å². The van der Waals surface area contributed by atoms with E-state index in [9.17, 15) is 4.79 Å². The Balaban J connectivity index is 1.51. The van der Waals surface area contributed by atoms with Gasteiger partial charge in [-0.15, -0.1) is 0 Å². The predicted molar refractivity (Wildman–Crippen MR) is 126 cm³/mol. The van der Waals surface area contributed by atoms with Gasteiger partial charge in [-0.1, -0.05) is 61.4 Å². The highest BCUT2D eigenvalue weighted by molar-refractivity contribution is 5.70. The minimum atomic E-state index is -0.112. The third-order valence-electron chi connectivity index (χ3n) is 4.65. The molecule has 4 heteroatoms. The Morgan fingerprint density at radius 1 is 0.871 bits per heavy atom. The van der Waals surface area contributed by atoms with E-state index in [0.29, 0.717) is 24.2 Å². The van der Waals surface area contributed by atoms with Crippen LogP contribution >= 0.6 is 0 Å². The van der Waals surface area contributed by atoms with Gasteiger partial charge in [0.2, 0.25) is 0 Å². The summed E-state index contributed by atoms with van der Waals surface area (Å²) in [5.74, 6) is 7.23. The van der Waals surface area contributed by atoms with Crippen LogP contribution in [0.15, 0.2) is 54.6 Å². The molecule has 31 heavy (non-hydrogen) atoms. The molecule has 0 aliphatic carbocycles. The Labute approximate surface area is 187 Å². The fraction of sp³-hybridized carbons (Fsp3) is 0.444. The molecule has 2 aromatic rings. The van der Waals surface area contributed by atoms with E-state index >= 15 is 0 Å². The van der Waals surface area contributed by atoms with Crippen molar-refractivity contribution in [2.75, 3.05) is 34.3 Å². The highest BCUT2D eigenvalue weighted by atomic mass is 16.5. The number of carbonyl (C=O) groups excluding carboxylic acids is 1. The van der Waals surface area contributed by atoms with Crippen molar-refractivity contribution in [3.05, 3.63) is 65.7 Å². The van der Waals surface area contributed by atoms with Crippen LogP contribution in [0, 0.1) is 11.8 Å². The van der Waals surface area contributed by atoms with Crippen LogP contribution in [0.25, 0.3) is 0 Å². The molecule has 4 nitrogen and oxygen atoms in total. The summed E-state index contributed by atoms with van der Waals surface area (Å²) < 4.78 is 11.7. The van der Waals surface area contributed by atoms with Gasteiger partial charge in [-0.3, -0.25) is 0 Å². The maximum absolute atomic E-state index is 11.6. The molecule has 0 saturated carbocycles. The van der Waals surface area contributed by atoms with E-state index in [1.807, 2.05) is 63.6 Å². The molecule has 2 aromatic carbocycles. The molecule has 0 aromatic heterocycles. The second-order valence-electron chi connectivity index (χ2n) is 8.79. The van der Waals surface area contributed by atoms with Gasteiger partial charge >= 0.3 is 5.97 Å². The summed E-state index contributed by atoms with van der Waals surface area (Å²) in [7, 11) is 5.96. The van der Waals surface area contributed by atoms with Crippen LogP contribution < -0.4 is 4.74 Å². The number of quaternary nitrogens is 1. The highest BCUT2D eigenvalue weighted by Crippen LogP contribution is 2.14. The lowest BCUT2D eigenvalue weighted by atomic mass is 10.1. The van der Waals surface area contributed by atoms with Crippen molar-refractivity contribution in [3.8, 4) is 17.6 Å². The normalized spacial score (nSPS) is 10.8. The summed E-state index contributed by atoms with van der Waals surface area (Å²) >= 11 is 0. The molecule has 0 spiro atoms. The molecule has 0 bridgehead atoms. The lowest BCUT2D eigenvalue weighted by molar-refractivity contribution is -0.862. The second kappa shape index (κ2) is 13.5. The average Bonchev–Trinajstić information content (AvgIpc) is 2.74. The van der Waals surface area contributed by atoms with Crippen LogP contribution in [-0.4, -0.2) is 44.7 Å². The van der Waals surface area contributed by atoms with Crippen molar-refractivity contribution in [1.29, 1.82) is 0 Å². The molecule has 0 aliphatic heterocycles. The van der Waals surface area contributed by atoms with Gasteiger partial charge in [-0.25, -0.2) is 4.79 Å². The molecule has 166 valence electrons. The molecule has 2 rings (SSSR count). The first kappa shape index (κ1) is 24.5. The van der Waals surface area contributed by atoms with Crippen LogP contribution in [-0.2, 0) is 16.1 Å². The van der Waals surface area contributed by atoms with Crippen LogP contribution in [0.3, 0.4) is 0 Å². The first-order valence-electron chi connectivity index (χ1n) is 11.1. The molecule has 0 heterocycles. The van der Waals surface area contributed by atoms with Crippen molar-refractivity contribution < 1.29 is 18.8 Å². The van der Waals surface area contributed by atoms with E-state index in [0.717, 1.165) is 55.4 Å². The molecule has 0 saturated heterocycles. The summed E-state index contributed by atoms with van der Waals surface area (Å²) in [5, 5.41) is 0. The molecular formula is C27H36NO3+. The zero-order valence-electron chi connectivity index (χ0n) is 19.2. The Bertz CT molecular complexity index is 827. The summed E-state index contributed by atoms with van der Waals surface area (Å²) in [4.78, 5) is 11.6. The third kappa shape index (κ3) is 11.9. The van der Waals surface area contributed by atoms with Gasteiger partial charge in [-0.05, 0) is 42.7 Å². The summed E-state index contributed by atoms with van der Waals surface area (Å²) in [5.41, 5.74) is 2.18. The maximum atomic E-state index is 11.6. The number of hydrogen-bond donors (Lipinski definition) is 0. The van der Waals surface area contributed by atoms with Crippen molar-refractivity contribution in [3.63, 3.8) is 0 Å². The average molecular weight is 423 g/mol. The first-order chi connectivity index (χ1) is 14.9. The van der Waals surface area contributed by atoms with Gasteiger partial charge in [0.25, 0.3) is 0 Å². The summed E-state index contributed by atoms with van der Waals surface area (Å²) in [6.07, 6.45) is 6.36. The number of rotatable bonds is 12. The molecular weight excluding hydrogens is 386 g/mol. The van der Waals surface area contributed by atoms with E-state index in [-0.39, 0.29) is 5.97 Å². The number of nitrogens with zero attached hydrogens (tertiary/aromatic N) is 1. The largest absolute Gasteiger partial charge is 0.489 e. The molecule has 0 aliphatic rings. The lowest BCUT2D eigenvalue weighted by Gasteiger charge is -2.22. The monoisotopic (exact) mass is 422 g/mol. The van der Waals surface area contributed by atoms with Crippen molar-refractivity contribution in [2.24, 2.45) is 0 Å². The zero-order chi connectivity index (χ0) is 22.4. The topological polar surface area (TPSA) is 35.5 Å². The molecule has 0 amide bonds. The predicted octanol–water partition coefficient (Wildman–Crippen LogP) is 5.21. The number of hydrogen-bond acceptors (Lipinski definition) is 3. The number of benzene rings is 2. The summed E-state index contributed by atoms with van der Waals surface area (Å²) in [6.45, 7) is 1.52. The quantitative estimate of drug-likeness (QED) is 0.204. The van der Waals surface area contributed by atoms with Crippen LogP contribution in [0.4, 0.5) is 0 Å². The fourth-order valence-electron chi connectivity index (χ4n) is 3.00. The van der Waals surface area contributed by atoms with Crippen molar-refractivity contribution >= 4 is 5.97 Å². The molecule has 0 N–H and O–H groups in total. The number of carbonyl (C=O) groups is 1. The van der Waals surface area contributed by atoms with Crippen LogP contribution in [0.1, 0.15) is 49.7 Å². The summed E-state index contributed by atoms with van der Waals surface area (Å²) in [6, 6.07) is 18.1. The lowest BCUT2D eigenvalue weighted by Crippen LogP contribution is -2.40. The van der Waals surface area contributed by atoms with Crippen LogP contribution in [0.5, 0.6) is 5.75 Å². The van der Waals surface area contributed by atoms with E-state index in [2.05, 4.69) is 24.0 Å². The highest BCUT2D eigenvalue weighted by Gasteiger charge is 2.14. The first-order valence-corrected chi connectivity index (χ1v) is 11.1. The Kier molecular flexibility index (Phi) is 10.7. The smallest absolute Gasteiger partial charge is 0.361 e. The van der Waals surface area contributed by atoms with E-state index in [4.69, 9.17) is 9.47 Å². The van der Waals surface area contributed by atoms with Crippen LogP contribution in [0.2, 0.25) is 0 Å². The molecule has 0 radical (unpaired) electrons. The van der Waals surface area contributed by atoms with Crippen molar-refractivity contribution in [1.82, 2.24) is 0 Å². The number of esters is 1. The Morgan fingerprint density at radius 3 is 2.26 bits per heavy atom. The number of unbranched alkanes of at least 4 members (excludes halogenated alkanes) is 5. The van der Waals surface area contributed by atoms with Gasteiger partial charge in [-0.2, -0.15) is 0 Å². The van der Waals surface area contributed by atoms with Crippen molar-refractivity contribution in [2.45, 2.75) is 45.1 Å². The molecule has 0 fully saturated rings. The van der Waals surface area contributed by atoms with Gasteiger partial charge in [0, 0.05) is 12.0 Å². The Morgan fingerprint density at radius 2 is 1.55 bits per heavy atom. The molecule has 0 atom stereocenters. The van der Waals surface area contributed by atoms with Gasteiger partial charge in [0.15, 0.2) is 6.54 Å². The third-order valence-corrected chi connectivity index (χ3v) is 4.65. The minimum Gasteiger partial charge on any atom is -0.489 e. The van der Waals surface area contributed by atoms with Gasteiger partial charge in [0.1, 0.15) is 12.4 Å². The minimum absolute atomic E-state index is 0.112. The zero-order valence-corrected chi connectivity index (χ0v) is 19.2. The standard InChI is InChI=1S/C27H36NO3/c1-28(2,3)22-27(29)30-21-13-8-6-4-5-7-10-14-24-17-19-26(20-18-24)31-23-25-15-11-9-12-16-25/h9,11-12,15-20H,4-8,13,21-23H2,1-3H3/q+1. The number of likely N-dealkylation sites (N-methyl/N-ethyl adjacent to an activating group) is 1. The van der Waals surface area contributed by atoms with Gasteiger partial charge < -0.3 is 14.0 Å². The molecule has 0 unspecified atom stereocenters. The number of ether oxygens (including phenoxy) is 2. The second-order valence-corrected chi connectivity index (χ2v) is 8.79. The Hall–Kier alpha value is -2.77.